The molecule has 3 rings (SSSR count). The monoisotopic (exact) mass is 336 g/mol. The van der Waals surface area contributed by atoms with Crippen LogP contribution in [-0.4, -0.2) is 29.2 Å². The Labute approximate surface area is 136 Å². The third-order valence-corrected chi connectivity index (χ3v) is 3.76. The lowest BCUT2D eigenvalue weighted by molar-refractivity contribution is -0.137. The Morgan fingerprint density at radius 3 is 2.46 bits per heavy atom. The van der Waals surface area contributed by atoms with Gasteiger partial charge in [0.15, 0.2) is 11.5 Å². The molecule has 0 bridgehead atoms. The van der Waals surface area contributed by atoms with Gasteiger partial charge in [0.25, 0.3) is 5.91 Å². The highest BCUT2D eigenvalue weighted by molar-refractivity contribution is 6.02. The van der Waals surface area contributed by atoms with Crippen LogP contribution in [0, 0.1) is 0 Å². The summed E-state index contributed by atoms with van der Waals surface area (Å²) < 4.78 is 38.0. The number of alkyl halides is 3. The van der Waals surface area contributed by atoms with Gasteiger partial charge in [0.1, 0.15) is 0 Å². The molecule has 5 nitrogen and oxygen atoms in total. The van der Waals surface area contributed by atoms with Gasteiger partial charge < -0.3 is 10.2 Å². The Balaban J connectivity index is 1.70. The maximum atomic E-state index is 12.7. The van der Waals surface area contributed by atoms with Gasteiger partial charge in [0.2, 0.25) is 0 Å². The average molecular weight is 336 g/mol. The number of halogens is 3. The molecule has 0 radical (unpaired) electrons. The molecule has 2 heterocycles. The summed E-state index contributed by atoms with van der Waals surface area (Å²) >= 11 is 0. The number of hydrogen-bond donors (Lipinski definition) is 1. The Morgan fingerprint density at radius 2 is 1.83 bits per heavy atom. The second kappa shape index (κ2) is 6.46. The van der Waals surface area contributed by atoms with Gasteiger partial charge in [-0.3, -0.25) is 4.79 Å². The SMILES string of the molecule is O=C(Nc1cccc(C(F)(F)F)c1)c1ccc(N2CCCC2)nn1. The summed E-state index contributed by atoms with van der Waals surface area (Å²) in [6.45, 7) is 1.81. The zero-order chi connectivity index (χ0) is 17.2. The molecule has 0 aliphatic carbocycles. The Kier molecular flexibility index (Phi) is 4.37. The lowest BCUT2D eigenvalue weighted by Crippen LogP contribution is -2.21. The quantitative estimate of drug-likeness (QED) is 0.934. The van der Waals surface area contributed by atoms with Crippen LogP contribution in [0.1, 0.15) is 28.9 Å². The fraction of sp³-hybridized carbons (Fsp3) is 0.312. The van der Waals surface area contributed by atoms with Crippen molar-refractivity contribution in [1.29, 1.82) is 0 Å². The van der Waals surface area contributed by atoms with Crippen LogP contribution < -0.4 is 10.2 Å². The van der Waals surface area contributed by atoms with Crippen molar-refractivity contribution in [1.82, 2.24) is 10.2 Å². The summed E-state index contributed by atoms with van der Waals surface area (Å²) in [4.78, 5) is 14.2. The molecule has 0 unspecified atom stereocenters. The van der Waals surface area contributed by atoms with E-state index < -0.39 is 17.6 Å². The van der Waals surface area contributed by atoms with E-state index in [-0.39, 0.29) is 11.4 Å². The number of amides is 1. The second-order valence-electron chi connectivity index (χ2n) is 5.50. The number of rotatable bonds is 3. The van der Waals surface area contributed by atoms with E-state index in [1.165, 1.54) is 18.2 Å². The van der Waals surface area contributed by atoms with Crippen molar-refractivity contribution in [3.8, 4) is 0 Å². The van der Waals surface area contributed by atoms with E-state index in [4.69, 9.17) is 0 Å². The van der Waals surface area contributed by atoms with Crippen LogP contribution in [0.4, 0.5) is 24.7 Å². The van der Waals surface area contributed by atoms with Crippen molar-refractivity contribution in [3.05, 3.63) is 47.7 Å². The highest BCUT2D eigenvalue weighted by Crippen LogP contribution is 2.30. The first-order valence-corrected chi connectivity index (χ1v) is 7.51. The zero-order valence-corrected chi connectivity index (χ0v) is 12.7. The van der Waals surface area contributed by atoms with Gasteiger partial charge in [-0.25, -0.2) is 0 Å². The number of hydrogen-bond acceptors (Lipinski definition) is 4. The van der Waals surface area contributed by atoms with Gasteiger partial charge in [-0.1, -0.05) is 6.07 Å². The smallest absolute Gasteiger partial charge is 0.355 e. The largest absolute Gasteiger partial charge is 0.416 e. The number of nitrogens with one attached hydrogen (secondary N) is 1. The number of benzene rings is 1. The predicted octanol–water partition coefficient (Wildman–Crippen LogP) is 3.35. The first-order chi connectivity index (χ1) is 11.4. The normalized spacial score (nSPS) is 14.7. The predicted molar refractivity (Wildman–Crippen MR) is 82.9 cm³/mol. The van der Waals surface area contributed by atoms with Crippen LogP contribution in [0.25, 0.3) is 0 Å². The maximum Gasteiger partial charge on any atom is 0.416 e. The molecule has 2 aromatic rings. The number of anilines is 2. The lowest BCUT2D eigenvalue weighted by atomic mass is 10.2. The molecule has 1 saturated heterocycles. The van der Waals surface area contributed by atoms with Crippen molar-refractivity contribution in [2.45, 2.75) is 19.0 Å². The third kappa shape index (κ3) is 3.64. The fourth-order valence-electron chi connectivity index (χ4n) is 2.53. The first-order valence-electron chi connectivity index (χ1n) is 7.51. The van der Waals surface area contributed by atoms with Gasteiger partial charge in [0.05, 0.1) is 5.56 Å². The molecule has 24 heavy (non-hydrogen) atoms. The van der Waals surface area contributed by atoms with Crippen molar-refractivity contribution < 1.29 is 18.0 Å². The molecule has 0 saturated carbocycles. The molecule has 0 spiro atoms. The Morgan fingerprint density at radius 1 is 1.08 bits per heavy atom. The highest BCUT2D eigenvalue weighted by atomic mass is 19.4. The molecule has 1 fully saturated rings. The molecular weight excluding hydrogens is 321 g/mol. The average Bonchev–Trinajstić information content (AvgIpc) is 3.09. The zero-order valence-electron chi connectivity index (χ0n) is 12.7. The summed E-state index contributed by atoms with van der Waals surface area (Å²) in [5.74, 6) is 0.0953. The molecule has 1 aliphatic rings. The van der Waals surface area contributed by atoms with Crippen molar-refractivity contribution in [3.63, 3.8) is 0 Å². The second-order valence-corrected chi connectivity index (χ2v) is 5.50. The molecule has 1 amide bonds. The number of carbonyl (C=O) groups is 1. The van der Waals surface area contributed by atoms with E-state index in [0.29, 0.717) is 5.82 Å². The maximum absolute atomic E-state index is 12.7. The molecule has 1 aliphatic heterocycles. The summed E-state index contributed by atoms with van der Waals surface area (Å²) in [6, 6.07) is 7.66. The highest BCUT2D eigenvalue weighted by Gasteiger charge is 2.30. The van der Waals surface area contributed by atoms with Crippen LogP contribution in [0.2, 0.25) is 0 Å². The molecule has 1 aromatic heterocycles. The van der Waals surface area contributed by atoms with E-state index in [9.17, 15) is 18.0 Å². The third-order valence-electron chi connectivity index (χ3n) is 3.76. The first kappa shape index (κ1) is 16.2. The van der Waals surface area contributed by atoms with E-state index in [2.05, 4.69) is 20.4 Å². The molecule has 8 heteroatoms. The van der Waals surface area contributed by atoms with Crippen molar-refractivity contribution in [2.75, 3.05) is 23.3 Å². The van der Waals surface area contributed by atoms with Gasteiger partial charge in [-0.05, 0) is 43.2 Å². The van der Waals surface area contributed by atoms with E-state index in [1.54, 1.807) is 6.07 Å². The summed E-state index contributed by atoms with van der Waals surface area (Å²) in [7, 11) is 0. The van der Waals surface area contributed by atoms with Gasteiger partial charge in [-0.15, -0.1) is 10.2 Å². The van der Waals surface area contributed by atoms with Gasteiger partial charge in [0, 0.05) is 18.8 Å². The Bertz CT molecular complexity index is 725. The number of nitrogens with zero attached hydrogens (tertiary/aromatic N) is 3. The minimum Gasteiger partial charge on any atom is -0.355 e. The van der Waals surface area contributed by atoms with Crippen LogP contribution in [0.5, 0.6) is 0 Å². The minimum absolute atomic E-state index is 0.0513. The number of aromatic nitrogens is 2. The lowest BCUT2D eigenvalue weighted by Gasteiger charge is -2.15. The van der Waals surface area contributed by atoms with Crippen LogP contribution in [0.15, 0.2) is 36.4 Å². The molecule has 1 N–H and O–H groups in total. The summed E-state index contributed by atoms with van der Waals surface area (Å²) in [5.41, 5.74) is -0.716. The summed E-state index contributed by atoms with van der Waals surface area (Å²) in [6.07, 6.45) is -2.27. The van der Waals surface area contributed by atoms with Crippen molar-refractivity contribution >= 4 is 17.4 Å². The molecule has 1 aromatic carbocycles. The minimum atomic E-state index is -4.46. The molecule has 126 valence electrons. The number of carbonyl (C=O) groups excluding carboxylic acids is 1. The van der Waals surface area contributed by atoms with Gasteiger partial charge in [-0.2, -0.15) is 13.2 Å². The molecular formula is C16H15F3N4O. The summed E-state index contributed by atoms with van der Waals surface area (Å²) in [5, 5.41) is 10.3. The van der Waals surface area contributed by atoms with Crippen LogP contribution >= 0.6 is 0 Å². The molecule has 0 atom stereocenters. The van der Waals surface area contributed by atoms with E-state index >= 15 is 0 Å². The van der Waals surface area contributed by atoms with Crippen LogP contribution in [0.3, 0.4) is 0 Å². The standard InChI is InChI=1S/C16H15F3N4O/c17-16(18,19)11-4-3-5-12(10-11)20-15(24)13-6-7-14(22-21-13)23-8-1-2-9-23/h3-7,10H,1-2,8-9H2,(H,20,24). The van der Waals surface area contributed by atoms with Gasteiger partial charge >= 0.3 is 6.18 Å². The fourth-order valence-corrected chi connectivity index (χ4v) is 2.53. The van der Waals surface area contributed by atoms with E-state index in [1.807, 2.05) is 0 Å². The van der Waals surface area contributed by atoms with Crippen molar-refractivity contribution in [2.24, 2.45) is 0 Å². The van der Waals surface area contributed by atoms with E-state index in [0.717, 1.165) is 38.1 Å². The topological polar surface area (TPSA) is 58.1 Å². The van der Waals surface area contributed by atoms with Crippen LogP contribution in [-0.2, 0) is 6.18 Å². The Hall–Kier alpha value is -2.64.